The molecule has 0 aliphatic carbocycles. The normalized spacial score (nSPS) is 9.33. The van der Waals surface area contributed by atoms with Crippen LogP contribution >= 0.6 is 0 Å². The van der Waals surface area contributed by atoms with E-state index in [4.69, 9.17) is 5.73 Å². The van der Waals surface area contributed by atoms with Crippen molar-refractivity contribution in [1.29, 1.82) is 0 Å². The van der Waals surface area contributed by atoms with E-state index < -0.39 is 11.5 Å². The molecule has 0 aliphatic rings. The van der Waals surface area contributed by atoms with Crippen LogP contribution in [0.2, 0.25) is 0 Å². The Kier molecular flexibility index (Phi) is 2.05. The van der Waals surface area contributed by atoms with Gasteiger partial charge in [0.25, 0.3) is 11.5 Å². The molecule has 12 heavy (non-hydrogen) atoms. The second kappa shape index (κ2) is 3.00. The van der Waals surface area contributed by atoms with Gasteiger partial charge in [-0.1, -0.05) is 0 Å². The van der Waals surface area contributed by atoms with E-state index in [1.807, 2.05) is 0 Å². The Labute approximate surface area is 67.2 Å². The number of carbonyl (C=O) groups is 2. The van der Waals surface area contributed by atoms with E-state index in [9.17, 15) is 14.4 Å². The van der Waals surface area contributed by atoms with Gasteiger partial charge in [-0.2, -0.15) is 0 Å². The van der Waals surface area contributed by atoms with E-state index in [1.54, 1.807) is 0 Å². The fourth-order valence-corrected chi connectivity index (χ4v) is 0.846. The lowest BCUT2D eigenvalue weighted by Crippen LogP contribution is -2.25. The summed E-state index contributed by atoms with van der Waals surface area (Å²) in [6.45, 7) is 0. The van der Waals surface area contributed by atoms with Crippen molar-refractivity contribution in [3.8, 4) is 0 Å². The summed E-state index contributed by atoms with van der Waals surface area (Å²) >= 11 is 0. The van der Waals surface area contributed by atoms with Crippen molar-refractivity contribution < 1.29 is 9.59 Å². The molecule has 62 valence electrons. The predicted octanol–water partition coefficient (Wildman–Crippen LogP) is -0.714. The Balaban J connectivity index is 3.50. The number of pyridine rings is 1. The molecule has 0 aromatic carbocycles. The van der Waals surface area contributed by atoms with Gasteiger partial charge < -0.3 is 10.7 Å². The van der Waals surface area contributed by atoms with Crippen LogP contribution in [-0.2, 0) is 0 Å². The first kappa shape index (κ1) is 8.19. The summed E-state index contributed by atoms with van der Waals surface area (Å²) in [5.41, 5.74) is 3.93. The average Bonchev–Trinajstić information content (AvgIpc) is 2.03. The van der Waals surface area contributed by atoms with Gasteiger partial charge in [0.2, 0.25) is 0 Å². The number of primary amides is 1. The molecule has 0 unspecified atom stereocenters. The molecule has 1 aromatic rings. The van der Waals surface area contributed by atoms with E-state index in [1.165, 1.54) is 12.3 Å². The Morgan fingerprint density at radius 2 is 2.25 bits per heavy atom. The van der Waals surface area contributed by atoms with Gasteiger partial charge in [-0.25, -0.2) is 0 Å². The summed E-state index contributed by atoms with van der Waals surface area (Å²) in [4.78, 5) is 34.1. The molecule has 3 N–H and O–H groups in total. The Morgan fingerprint density at radius 1 is 1.58 bits per heavy atom. The van der Waals surface area contributed by atoms with Gasteiger partial charge in [0.05, 0.1) is 0 Å². The number of carbonyl (C=O) groups excluding carboxylic acids is 2. The highest BCUT2D eigenvalue weighted by Crippen LogP contribution is 1.96. The summed E-state index contributed by atoms with van der Waals surface area (Å²) < 4.78 is 0. The van der Waals surface area contributed by atoms with Gasteiger partial charge in [0.1, 0.15) is 5.56 Å². The van der Waals surface area contributed by atoms with E-state index >= 15 is 0 Å². The number of aromatic nitrogens is 1. The molecule has 1 amide bonds. The quantitative estimate of drug-likeness (QED) is 0.568. The lowest BCUT2D eigenvalue weighted by Gasteiger charge is -1.95. The number of H-pyrrole nitrogens is 1. The summed E-state index contributed by atoms with van der Waals surface area (Å²) in [5, 5.41) is 0. The van der Waals surface area contributed by atoms with Crippen LogP contribution in [0.5, 0.6) is 0 Å². The molecule has 0 saturated carbocycles. The lowest BCUT2D eigenvalue weighted by atomic mass is 10.1. The highest BCUT2D eigenvalue weighted by molar-refractivity contribution is 5.99. The first-order chi connectivity index (χ1) is 5.66. The topological polar surface area (TPSA) is 93.0 Å². The van der Waals surface area contributed by atoms with Crippen molar-refractivity contribution in [3.63, 3.8) is 0 Å². The monoisotopic (exact) mass is 166 g/mol. The van der Waals surface area contributed by atoms with E-state index in [2.05, 4.69) is 4.98 Å². The molecule has 0 atom stereocenters. The molecule has 1 heterocycles. The van der Waals surface area contributed by atoms with Gasteiger partial charge in [-0.3, -0.25) is 14.4 Å². The van der Waals surface area contributed by atoms with Crippen LogP contribution in [0.3, 0.4) is 0 Å². The molecule has 1 aromatic heterocycles. The van der Waals surface area contributed by atoms with Gasteiger partial charge in [-0.05, 0) is 6.07 Å². The maximum Gasteiger partial charge on any atom is 0.261 e. The zero-order chi connectivity index (χ0) is 9.14. The SMILES string of the molecule is NC(=O)c1c(C=O)cc[nH]c1=O. The highest BCUT2D eigenvalue weighted by Gasteiger charge is 2.10. The molecule has 1 rings (SSSR count). The molecule has 0 radical (unpaired) electrons. The van der Waals surface area contributed by atoms with Crippen LogP contribution in [-0.4, -0.2) is 17.2 Å². The van der Waals surface area contributed by atoms with Crippen LogP contribution in [0.25, 0.3) is 0 Å². The van der Waals surface area contributed by atoms with Crippen LogP contribution in [0, 0.1) is 0 Å². The van der Waals surface area contributed by atoms with Gasteiger partial charge in [-0.15, -0.1) is 0 Å². The third-order valence-electron chi connectivity index (χ3n) is 1.37. The third-order valence-corrected chi connectivity index (χ3v) is 1.37. The minimum absolute atomic E-state index is 0.00579. The summed E-state index contributed by atoms with van der Waals surface area (Å²) in [7, 11) is 0. The largest absolute Gasteiger partial charge is 0.365 e. The number of nitrogens with one attached hydrogen (secondary N) is 1. The van der Waals surface area contributed by atoms with Crippen molar-refractivity contribution >= 4 is 12.2 Å². The van der Waals surface area contributed by atoms with Crippen molar-refractivity contribution in [1.82, 2.24) is 4.98 Å². The third kappa shape index (κ3) is 1.24. The number of amides is 1. The van der Waals surface area contributed by atoms with Crippen LogP contribution in [0.15, 0.2) is 17.1 Å². The Bertz CT molecular complexity index is 380. The fraction of sp³-hybridized carbons (Fsp3) is 0. The fourth-order valence-electron chi connectivity index (χ4n) is 0.846. The predicted molar refractivity (Wildman–Crippen MR) is 41.0 cm³/mol. The molecule has 0 aliphatic heterocycles. The molecule has 0 spiro atoms. The van der Waals surface area contributed by atoms with E-state index in [0.29, 0.717) is 6.29 Å². The van der Waals surface area contributed by atoms with Crippen LogP contribution in [0.4, 0.5) is 0 Å². The first-order valence-corrected chi connectivity index (χ1v) is 3.13. The van der Waals surface area contributed by atoms with Crippen LogP contribution < -0.4 is 11.3 Å². The van der Waals surface area contributed by atoms with Crippen molar-refractivity contribution in [3.05, 3.63) is 33.7 Å². The van der Waals surface area contributed by atoms with Crippen molar-refractivity contribution in [2.75, 3.05) is 0 Å². The average molecular weight is 166 g/mol. The number of aromatic amines is 1. The Morgan fingerprint density at radius 3 is 2.67 bits per heavy atom. The number of nitrogens with two attached hydrogens (primary N) is 1. The number of rotatable bonds is 2. The maximum absolute atomic E-state index is 10.9. The molecule has 5 heteroatoms. The van der Waals surface area contributed by atoms with E-state index in [0.717, 1.165) is 0 Å². The molecule has 0 saturated heterocycles. The highest BCUT2D eigenvalue weighted by atomic mass is 16.2. The number of aldehydes is 1. The second-order valence-corrected chi connectivity index (χ2v) is 2.12. The standard InChI is InChI=1S/C7H6N2O3/c8-6(11)5-4(3-10)1-2-9-7(5)12/h1-3H,(H2,8,11)(H,9,12). The van der Waals surface area contributed by atoms with Gasteiger partial charge >= 0.3 is 0 Å². The van der Waals surface area contributed by atoms with E-state index in [-0.39, 0.29) is 11.1 Å². The zero-order valence-electron chi connectivity index (χ0n) is 6.03. The smallest absolute Gasteiger partial charge is 0.261 e. The molecular weight excluding hydrogens is 160 g/mol. The minimum Gasteiger partial charge on any atom is -0.365 e. The molecular formula is C7H6N2O3. The van der Waals surface area contributed by atoms with Crippen molar-refractivity contribution in [2.24, 2.45) is 5.73 Å². The number of hydrogen-bond acceptors (Lipinski definition) is 3. The number of hydrogen-bond donors (Lipinski definition) is 2. The zero-order valence-corrected chi connectivity index (χ0v) is 6.03. The molecule has 0 bridgehead atoms. The second-order valence-electron chi connectivity index (χ2n) is 2.12. The minimum atomic E-state index is -0.904. The summed E-state index contributed by atoms with van der Waals surface area (Å²) in [5.74, 6) is -0.904. The first-order valence-electron chi connectivity index (χ1n) is 3.13. The lowest BCUT2D eigenvalue weighted by molar-refractivity contribution is 0.0991. The maximum atomic E-state index is 10.9. The van der Waals surface area contributed by atoms with Gasteiger partial charge in [0, 0.05) is 11.8 Å². The summed E-state index contributed by atoms with van der Waals surface area (Å²) in [6, 6.07) is 1.31. The molecule has 0 fully saturated rings. The Hall–Kier alpha value is -1.91. The molecule has 5 nitrogen and oxygen atoms in total. The summed E-state index contributed by atoms with van der Waals surface area (Å²) in [6.07, 6.45) is 1.69. The van der Waals surface area contributed by atoms with Crippen molar-refractivity contribution in [2.45, 2.75) is 0 Å². The van der Waals surface area contributed by atoms with Crippen LogP contribution in [0.1, 0.15) is 20.7 Å². The van der Waals surface area contributed by atoms with Gasteiger partial charge in [0.15, 0.2) is 6.29 Å².